The van der Waals surface area contributed by atoms with Gasteiger partial charge in [0.05, 0.1) is 38.6 Å². The molecule has 4 aliphatic rings. The van der Waals surface area contributed by atoms with E-state index in [0.29, 0.717) is 99.2 Å². The number of nitro groups is 1. The van der Waals surface area contributed by atoms with E-state index in [4.69, 9.17) is 32.9 Å². The number of aliphatic hydroxyl groups excluding tert-OH is 3. The second-order valence-corrected chi connectivity index (χ2v) is 29.3. The number of amides is 1. The van der Waals surface area contributed by atoms with Gasteiger partial charge in [0.2, 0.25) is 5.79 Å². The van der Waals surface area contributed by atoms with Gasteiger partial charge in [-0.3, -0.25) is 33.1 Å². The van der Waals surface area contributed by atoms with E-state index in [1.54, 1.807) is 40.9 Å². The number of aliphatic hydroxyl groups is 4. The number of aromatic nitrogens is 2. The lowest BCUT2D eigenvalue weighted by Crippen LogP contribution is -2.61. The van der Waals surface area contributed by atoms with Crippen molar-refractivity contribution in [1.82, 2.24) is 24.6 Å². The Morgan fingerprint density at radius 1 is 0.915 bits per heavy atom. The molecule has 1 saturated carbocycles. The van der Waals surface area contributed by atoms with Crippen molar-refractivity contribution in [2.75, 3.05) is 64.8 Å². The fraction of sp³-hybridized carbons (Fsp3) is 0.738. The molecular weight excluding hydrogens is 1380 g/mol. The van der Waals surface area contributed by atoms with Gasteiger partial charge < -0.3 is 63.9 Å². The zero-order valence-electron chi connectivity index (χ0n) is 56.6. The van der Waals surface area contributed by atoms with Crippen molar-refractivity contribution in [3.05, 3.63) is 69.6 Å². The predicted molar refractivity (Wildman–Crippen MR) is 357 cm³/mol. The van der Waals surface area contributed by atoms with Crippen LogP contribution < -0.4 is 10.2 Å². The molecule has 26 nitrogen and oxygen atoms in total. The van der Waals surface area contributed by atoms with E-state index in [2.05, 4.69) is 47.0 Å². The Morgan fingerprint density at radius 3 is 2.18 bits per heavy atom. The summed E-state index contributed by atoms with van der Waals surface area (Å²) in [5.41, 5.74) is 0.184. The van der Waals surface area contributed by atoms with Crippen LogP contribution in [0.1, 0.15) is 138 Å². The fourth-order valence-corrected chi connectivity index (χ4v) is 14.5. The predicted octanol–water partition coefficient (Wildman–Crippen LogP) is 7.64. The number of fused-ring (bicyclic) bond motifs is 3. The van der Waals surface area contributed by atoms with Gasteiger partial charge in [-0.2, -0.15) is 0 Å². The monoisotopic (exact) mass is 1480 g/mol. The summed E-state index contributed by atoms with van der Waals surface area (Å²) in [7, 11) is 2.71. The number of esters is 2. The van der Waals surface area contributed by atoms with Crippen molar-refractivity contribution in [3.8, 4) is 0 Å². The number of methoxy groups -OCH3 is 3. The molecule has 2 bridgehead atoms. The van der Waals surface area contributed by atoms with Gasteiger partial charge in [0.15, 0.2) is 5.78 Å². The molecule has 532 valence electrons. The van der Waals surface area contributed by atoms with Crippen molar-refractivity contribution < 1.29 is 91.6 Å². The minimum atomic E-state index is -3.22. The zero-order valence-corrected chi connectivity index (χ0v) is 60.6. The van der Waals surface area contributed by atoms with E-state index in [9.17, 15) is 63.9 Å². The summed E-state index contributed by atoms with van der Waals surface area (Å²) in [4.78, 5) is 99.2. The molecule has 2 saturated heterocycles. The van der Waals surface area contributed by atoms with Crippen LogP contribution in [0.15, 0.2) is 53.8 Å². The largest absolute Gasteiger partial charge is 0.460 e. The van der Waals surface area contributed by atoms with E-state index < -0.39 is 133 Å². The number of piperidine rings is 1. The van der Waals surface area contributed by atoms with E-state index in [-0.39, 0.29) is 55.3 Å². The van der Waals surface area contributed by atoms with Gasteiger partial charge in [-0.05, 0) is 119 Å². The maximum absolute atomic E-state index is 14.5. The van der Waals surface area contributed by atoms with E-state index >= 15 is 0 Å². The zero-order chi connectivity index (χ0) is 70.3. The maximum Gasteiger partial charge on any atom is 0.434 e. The Hall–Kier alpha value is -4.26. The third kappa shape index (κ3) is 23.2. The Kier molecular flexibility index (Phi) is 34.4. The van der Waals surface area contributed by atoms with Crippen LogP contribution in [0.3, 0.4) is 0 Å². The van der Waals surface area contributed by atoms with Crippen LogP contribution >= 0.6 is 39.5 Å². The van der Waals surface area contributed by atoms with Crippen molar-refractivity contribution in [3.63, 3.8) is 0 Å². The molecule has 0 radical (unpaired) electrons. The number of nitrogens with zero attached hydrogens (tertiary/aromatic N) is 4. The SMILES string of the molecule is CO[C@H]1C[C@@H]2CC[C@@H](C)[C@@](O)(O2)C(=O)C(=O)N2CCCC[C@H]2C(=O)O[C@H]([C@H](C)C[C@@H]2CC[C@@H](OC(=O)C(C)(CO)CO)[C@H](OC)C2)CC(=O)[C@H](C)/C=C(\C)[C@@H](O)[C@@H](OC)C(=O)[C@H](C)C[C@H](C)/C=C/C=C/C=C/1C.Cn1c(COP(=O)(NCCBr)NCCBr)cnc1[N+](=O)[O-]. The lowest BCUT2D eigenvalue weighted by Gasteiger charge is -2.42. The summed E-state index contributed by atoms with van der Waals surface area (Å²) >= 11 is 6.46. The Labute approximate surface area is 570 Å². The number of Topliss-reactive ketones (excluding diaryl/α,β-unsaturated/α-hetero) is 3. The highest BCUT2D eigenvalue weighted by atomic mass is 79.9. The number of alkyl halides is 2. The third-order valence-corrected chi connectivity index (χ3v) is 20.9. The molecule has 0 unspecified atom stereocenters. The standard InChI is InChI=1S/C56H87NO16.C9H16Br2N5O4P/c1-33-17-13-12-14-18-34(2)45(68-9)29-41-22-20-39(7)56(67,73-41)51(63)52(64)57-24-16-15-19-42(57)53(65)71-46(30-43(60)35(3)26-38(6)49(62)50(70-11)48(61)37(5)25-33)36(4)27-40-21-23-44(47(28-40)69-10)72-54(66)55(8,31-58)32-59;1-15-8(6-12-9(15)16(17)18)7-20-21(19,13-4-2-10)14-5-3-11/h12-14,17-18,26,33,35-37,39-42,44-47,49-50,58-59,62,67H,15-16,19-25,27-32H2,1-11H3;6H,2-5,7H2,1H3,(H2,13,14,19)/b14-12+,17-13+,34-18+,38-26+;/t33-,35-,36-,37-,39-,40+,41+,42+,44-,45+,46+,47-,49-,50+,56-;/m1./s1. The van der Waals surface area contributed by atoms with Crippen molar-refractivity contribution >= 4 is 80.7 Å². The average Bonchev–Trinajstić information content (AvgIpc) is 0.983. The first-order valence-corrected chi connectivity index (χ1v) is 36.2. The first-order chi connectivity index (χ1) is 44.4. The minimum Gasteiger partial charge on any atom is -0.460 e. The highest BCUT2D eigenvalue weighted by molar-refractivity contribution is 9.09. The molecule has 5 rings (SSSR count). The molecular formula is C65H103Br2N6O20P. The van der Waals surface area contributed by atoms with Gasteiger partial charge in [0.25, 0.3) is 11.7 Å². The Balaban J connectivity index is 0.000000758. The van der Waals surface area contributed by atoms with Crippen LogP contribution in [-0.2, 0) is 79.9 Å². The second-order valence-electron chi connectivity index (χ2n) is 25.7. The first kappa shape index (κ1) is 82.2. The minimum absolute atomic E-state index is 0.00697. The molecule has 3 aliphatic heterocycles. The Morgan fingerprint density at radius 2 is 1.59 bits per heavy atom. The summed E-state index contributed by atoms with van der Waals surface area (Å²) in [6.07, 6.45) is 11.1. The van der Waals surface area contributed by atoms with Gasteiger partial charge in [0, 0.05) is 82.2 Å². The number of allylic oxidation sites excluding steroid dienone is 6. The molecule has 6 N–H and O–H groups in total. The highest BCUT2D eigenvalue weighted by Gasteiger charge is 2.53. The Bertz CT molecular complexity index is 2840. The van der Waals surface area contributed by atoms with E-state index in [1.807, 2.05) is 51.2 Å². The first-order valence-electron chi connectivity index (χ1n) is 32.3. The molecule has 4 heterocycles. The molecule has 0 spiro atoms. The van der Waals surface area contributed by atoms with Crippen LogP contribution in [0.5, 0.6) is 0 Å². The molecule has 0 aromatic carbocycles. The highest BCUT2D eigenvalue weighted by Crippen LogP contribution is 2.40. The number of imidazole rings is 1. The summed E-state index contributed by atoms with van der Waals surface area (Å²) in [6, 6.07) is -1.20. The maximum atomic E-state index is 14.5. The van der Waals surface area contributed by atoms with Gasteiger partial charge in [-0.1, -0.05) is 108 Å². The van der Waals surface area contributed by atoms with Crippen molar-refractivity contribution in [2.24, 2.45) is 48.0 Å². The number of nitrogens with one attached hydrogen (secondary N) is 2. The number of ketones is 3. The number of ether oxygens (including phenoxy) is 6. The number of halogens is 2. The number of carbonyl (C=O) groups is 6. The number of hydrogen-bond donors (Lipinski definition) is 6. The normalized spacial score (nSPS) is 31.7. The van der Waals surface area contributed by atoms with E-state index in [0.717, 1.165) is 10.5 Å². The molecule has 1 aromatic heterocycles. The third-order valence-electron chi connectivity index (χ3n) is 18.3. The van der Waals surface area contributed by atoms with Crippen LogP contribution in [0.4, 0.5) is 5.95 Å². The molecule has 1 amide bonds. The summed E-state index contributed by atoms with van der Waals surface area (Å²) in [6.45, 7) is 13.6. The molecule has 1 aromatic rings. The topological polar surface area (TPSA) is 353 Å². The molecule has 94 heavy (non-hydrogen) atoms. The van der Waals surface area contributed by atoms with Gasteiger partial charge in [0.1, 0.15) is 60.2 Å². The fourth-order valence-electron chi connectivity index (χ4n) is 12.1. The summed E-state index contributed by atoms with van der Waals surface area (Å²) in [5, 5.41) is 60.6. The molecule has 15 atom stereocenters. The summed E-state index contributed by atoms with van der Waals surface area (Å²) < 4.78 is 54.6. The van der Waals surface area contributed by atoms with Gasteiger partial charge in [-0.25, -0.2) is 19.5 Å². The van der Waals surface area contributed by atoms with Crippen LogP contribution in [0.2, 0.25) is 0 Å². The number of hydrogen-bond acceptors (Lipinski definition) is 21. The van der Waals surface area contributed by atoms with Gasteiger partial charge in [-0.15, -0.1) is 0 Å². The smallest absolute Gasteiger partial charge is 0.434 e. The molecule has 1 aliphatic carbocycles. The van der Waals surface area contributed by atoms with Crippen LogP contribution in [-0.4, -0.2) is 194 Å². The lowest BCUT2D eigenvalue weighted by molar-refractivity contribution is -0.396. The number of rotatable bonds is 20. The van der Waals surface area contributed by atoms with Gasteiger partial charge >= 0.3 is 25.6 Å². The lowest BCUT2D eigenvalue weighted by atomic mass is 9.78. The molecule has 29 heteroatoms. The van der Waals surface area contributed by atoms with E-state index in [1.165, 1.54) is 39.0 Å². The molecule has 3 fully saturated rings. The van der Waals surface area contributed by atoms with Crippen molar-refractivity contribution in [1.29, 1.82) is 0 Å². The quantitative estimate of drug-likeness (QED) is 0.0139. The second kappa shape index (κ2) is 39.4. The average molecular weight is 1480 g/mol. The number of cyclic esters (lactones) is 1. The number of carbonyl (C=O) groups excluding carboxylic acids is 6. The summed E-state index contributed by atoms with van der Waals surface area (Å²) in [5.74, 6) is -9.65. The van der Waals surface area contributed by atoms with Crippen LogP contribution in [0.25, 0.3) is 0 Å². The van der Waals surface area contributed by atoms with Crippen molar-refractivity contribution in [2.45, 2.75) is 194 Å². The van der Waals surface area contributed by atoms with Crippen LogP contribution in [0, 0.1) is 51.0 Å².